The van der Waals surface area contributed by atoms with Crippen LogP contribution in [0.3, 0.4) is 0 Å². The molecule has 0 saturated heterocycles. The number of ketones is 1. The Morgan fingerprint density at radius 2 is 2.20 bits per heavy atom. The van der Waals surface area contributed by atoms with E-state index in [-0.39, 0.29) is 57.2 Å². The van der Waals surface area contributed by atoms with Crippen molar-refractivity contribution >= 4 is 11.8 Å². The summed E-state index contributed by atoms with van der Waals surface area (Å²) in [6.45, 7) is 0. The molecule has 1 aliphatic carbocycles. The fourth-order valence-electron chi connectivity index (χ4n) is 1.06. The van der Waals surface area contributed by atoms with Crippen LogP contribution in [0.1, 0.15) is 19.3 Å². The summed E-state index contributed by atoms with van der Waals surface area (Å²) in [6.07, 6.45) is 1.59. The van der Waals surface area contributed by atoms with Gasteiger partial charge >= 0.3 is 51.4 Å². The van der Waals surface area contributed by atoms with Gasteiger partial charge in [0.1, 0.15) is 5.78 Å². The third-order valence-corrected chi connectivity index (χ3v) is 1.59. The fraction of sp³-hybridized carbons (Fsp3) is 0.667. The summed E-state index contributed by atoms with van der Waals surface area (Å²) in [5.41, 5.74) is 0. The monoisotopic (exact) mass is 166 g/mol. The third-order valence-electron chi connectivity index (χ3n) is 1.59. The smallest absolute Gasteiger partial charge is 0.549 e. The quantitative estimate of drug-likeness (QED) is 0.296. The van der Waals surface area contributed by atoms with E-state index in [4.69, 9.17) is 0 Å². The van der Waals surface area contributed by atoms with Crippen LogP contribution in [0.25, 0.3) is 0 Å². The normalized spacial score (nSPS) is 24.0. The predicted octanol–water partition coefficient (Wildman–Crippen LogP) is -3.89. The van der Waals surface area contributed by atoms with Crippen molar-refractivity contribution in [3.63, 3.8) is 0 Å². The molecule has 0 aromatic heterocycles. The van der Waals surface area contributed by atoms with E-state index in [2.05, 4.69) is 0 Å². The number of hydrogen-bond donors (Lipinski definition) is 0. The molecule has 50 valence electrons. The minimum Gasteiger partial charge on any atom is -0.549 e. The summed E-state index contributed by atoms with van der Waals surface area (Å²) in [4.78, 5) is 20.7. The Morgan fingerprint density at radius 3 is 2.40 bits per heavy atom. The van der Waals surface area contributed by atoms with Crippen LogP contribution in [0.2, 0.25) is 0 Å². The van der Waals surface area contributed by atoms with Gasteiger partial charge in [-0.1, -0.05) is 0 Å². The van der Waals surface area contributed by atoms with Crippen LogP contribution >= 0.6 is 0 Å². The third kappa shape index (κ3) is 2.43. The van der Waals surface area contributed by atoms with Crippen molar-refractivity contribution in [2.45, 2.75) is 19.3 Å². The maximum absolute atomic E-state index is 10.6. The van der Waals surface area contributed by atoms with Crippen LogP contribution in [-0.4, -0.2) is 11.8 Å². The van der Waals surface area contributed by atoms with E-state index in [9.17, 15) is 14.7 Å². The minimum atomic E-state index is -1.21. The molecule has 0 heterocycles. The zero-order valence-corrected chi connectivity index (χ0v) is 9.05. The average molecular weight is 166 g/mol. The molecule has 1 atom stereocenters. The summed E-state index contributed by atoms with van der Waals surface area (Å²) in [5, 5.41) is 10.1. The topological polar surface area (TPSA) is 57.2 Å². The minimum absolute atomic E-state index is 0. The molecule has 0 aliphatic heterocycles. The molecule has 10 heavy (non-hydrogen) atoms. The van der Waals surface area contributed by atoms with Gasteiger partial charge in [0.05, 0.1) is 11.9 Å². The molecule has 0 aromatic carbocycles. The number of hydrogen-bond acceptors (Lipinski definition) is 3. The molecule has 1 aliphatic rings. The predicted molar refractivity (Wildman–Crippen MR) is 27.4 cm³/mol. The van der Waals surface area contributed by atoms with Crippen molar-refractivity contribution in [2.75, 3.05) is 0 Å². The molecule has 0 amide bonds. The van der Waals surface area contributed by atoms with Crippen LogP contribution in [0.5, 0.6) is 0 Å². The van der Waals surface area contributed by atoms with Crippen LogP contribution in [0, 0.1) is 5.92 Å². The van der Waals surface area contributed by atoms with E-state index < -0.39 is 11.9 Å². The first-order chi connectivity index (χ1) is 4.22. The molecule has 1 fully saturated rings. The van der Waals surface area contributed by atoms with Crippen molar-refractivity contribution in [3.8, 4) is 0 Å². The van der Waals surface area contributed by atoms with Gasteiger partial charge in [0.15, 0.2) is 0 Å². The van der Waals surface area contributed by atoms with Crippen LogP contribution in [-0.2, 0) is 9.59 Å². The second-order valence-electron chi connectivity index (χ2n) is 2.23. The van der Waals surface area contributed by atoms with Crippen LogP contribution < -0.4 is 56.5 Å². The van der Waals surface area contributed by atoms with E-state index in [1.807, 2.05) is 0 Å². The van der Waals surface area contributed by atoms with Gasteiger partial charge in [0.25, 0.3) is 0 Å². The van der Waals surface area contributed by atoms with Gasteiger partial charge in [-0.25, -0.2) is 0 Å². The molecular weight excluding hydrogens is 159 g/mol. The summed E-state index contributed by atoms with van der Waals surface area (Å²) < 4.78 is 0. The number of carbonyl (C=O) groups is 2. The van der Waals surface area contributed by atoms with E-state index in [0.29, 0.717) is 19.3 Å². The number of carbonyl (C=O) groups excluding carboxylic acids is 2. The molecule has 0 spiro atoms. The summed E-state index contributed by atoms with van der Waals surface area (Å²) >= 11 is 0. The van der Waals surface area contributed by atoms with E-state index >= 15 is 0 Å². The molecular formula is C6H7KO3. The van der Waals surface area contributed by atoms with E-state index in [0.717, 1.165) is 0 Å². The Labute approximate surface area is 102 Å². The van der Waals surface area contributed by atoms with Crippen molar-refractivity contribution in [3.05, 3.63) is 0 Å². The molecule has 0 N–H and O–H groups in total. The molecule has 1 rings (SSSR count). The van der Waals surface area contributed by atoms with E-state index in [1.54, 1.807) is 0 Å². The Balaban J connectivity index is 0.000000810. The summed E-state index contributed by atoms with van der Waals surface area (Å²) in [5.74, 6) is -2.18. The summed E-state index contributed by atoms with van der Waals surface area (Å²) in [6, 6.07) is 0. The standard InChI is InChI=1S/C6H8O3.K/c7-5-3-1-2-4(5)6(8)9;/h4H,1-3H2,(H,8,9);/q;+1/p-1. The molecule has 4 heteroatoms. The average Bonchev–Trinajstić information content (AvgIpc) is 2.13. The second-order valence-corrected chi connectivity index (χ2v) is 2.23. The second kappa shape index (κ2) is 4.61. The SMILES string of the molecule is O=C([O-])C1CCCC1=O.[K+]. The van der Waals surface area contributed by atoms with Gasteiger partial charge in [-0.2, -0.15) is 0 Å². The van der Waals surface area contributed by atoms with Gasteiger partial charge in [0, 0.05) is 6.42 Å². The zero-order valence-electron chi connectivity index (χ0n) is 5.92. The number of Topliss-reactive ketones (excluding diaryl/α,β-unsaturated/α-hetero) is 1. The first-order valence-electron chi connectivity index (χ1n) is 2.95. The molecule has 1 saturated carbocycles. The number of rotatable bonds is 1. The number of carboxylic acids is 1. The largest absolute Gasteiger partial charge is 1.00 e. The first kappa shape index (κ1) is 10.8. The van der Waals surface area contributed by atoms with Crippen LogP contribution in [0.4, 0.5) is 0 Å². The fourth-order valence-corrected chi connectivity index (χ4v) is 1.06. The Morgan fingerprint density at radius 1 is 1.60 bits per heavy atom. The number of carboxylic acid groups (broad SMARTS) is 1. The Kier molecular flexibility index (Phi) is 4.97. The van der Waals surface area contributed by atoms with Crippen LogP contribution in [0.15, 0.2) is 0 Å². The first-order valence-corrected chi connectivity index (χ1v) is 2.95. The molecule has 0 aromatic rings. The van der Waals surface area contributed by atoms with Gasteiger partial charge < -0.3 is 9.90 Å². The van der Waals surface area contributed by atoms with Crippen molar-refractivity contribution in [1.82, 2.24) is 0 Å². The maximum atomic E-state index is 10.6. The molecule has 1 unspecified atom stereocenters. The van der Waals surface area contributed by atoms with Crippen molar-refractivity contribution in [2.24, 2.45) is 5.92 Å². The zero-order chi connectivity index (χ0) is 6.85. The maximum Gasteiger partial charge on any atom is 1.00 e. The summed E-state index contributed by atoms with van der Waals surface area (Å²) in [7, 11) is 0. The molecule has 0 bridgehead atoms. The van der Waals surface area contributed by atoms with Gasteiger partial charge in [-0.15, -0.1) is 0 Å². The van der Waals surface area contributed by atoms with Gasteiger partial charge in [-0.05, 0) is 12.8 Å². The molecule has 0 radical (unpaired) electrons. The molecule has 3 nitrogen and oxygen atoms in total. The Hall–Kier alpha value is 0.776. The van der Waals surface area contributed by atoms with Crippen molar-refractivity contribution < 1.29 is 66.1 Å². The Bertz CT molecular complexity index is 155. The van der Waals surface area contributed by atoms with E-state index in [1.165, 1.54) is 0 Å². The number of aliphatic carboxylic acids is 1. The van der Waals surface area contributed by atoms with Gasteiger partial charge in [0.2, 0.25) is 0 Å². The van der Waals surface area contributed by atoms with Gasteiger partial charge in [-0.3, -0.25) is 4.79 Å². The van der Waals surface area contributed by atoms with Crippen molar-refractivity contribution in [1.29, 1.82) is 0 Å².